The molecule has 1 aliphatic rings. The summed E-state index contributed by atoms with van der Waals surface area (Å²) in [6.45, 7) is 4.23. The number of aryl methyl sites for hydroxylation is 1. The van der Waals surface area contributed by atoms with E-state index >= 15 is 0 Å². The Kier molecular flexibility index (Phi) is 4.55. The first-order valence-electron chi connectivity index (χ1n) is 6.51. The van der Waals surface area contributed by atoms with Crippen LogP contribution in [0.25, 0.3) is 0 Å². The van der Waals surface area contributed by atoms with Crippen LogP contribution in [-0.2, 0) is 9.59 Å². The van der Waals surface area contributed by atoms with Crippen molar-refractivity contribution in [3.8, 4) is 0 Å². The number of imide groups is 1. The Morgan fingerprint density at radius 3 is 2.70 bits per heavy atom. The van der Waals surface area contributed by atoms with Crippen LogP contribution < -0.4 is 5.32 Å². The first kappa shape index (κ1) is 15.1. The highest BCUT2D eigenvalue weighted by atomic mass is 35.5. The second kappa shape index (κ2) is 6.02. The molecule has 1 aromatic rings. The van der Waals surface area contributed by atoms with Gasteiger partial charge in [-0.3, -0.25) is 14.5 Å². The summed E-state index contributed by atoms with van der Waals surface area (Å²) in [7, 11) is 0. The number of carbonyl (C=O) groups is 2. The summed E-state index contributed by atoms with van der Waals surface area (Å²) in [6.07, 6.45) is 0.885. The standard InChI is InChI=1S/C14H16Cl2N2O2/c1-3-6-18-11(19)7-10(14(18)20)17-13-9(15)5-4-8(2)12(13)16/h4-5,10,17H,3,6-7H2,1-2H3. The Hall–Kier alpha value is -1.26. The number of benzene rings is 1. The molecule has 1 aliphatic heterocycles. The summed E-state index contributed by atoms with van der Waals surface area (Å²) in [4.78, 5) is 25.3. The number of likely N-dealkylation sites (tertiary alicyclic amines) is 1. The molecule has 1 aromatic carbocycles. The highest BCUT2D eigenvalue weighted by molar-refractivity contribution is 6.39. The van der Waals surface area contributed by atoms with E-state index in [4.69, 9.17) is 23.2 Å². The SMILES string of the molecule is CCCN1C(=O)CC(Nc2c(Cl)ccc(C)c2Cl)C1=O. The Morgan fingerprint density at radius 1 is 1.35 bits per heavy atom. The first-order chi connectivity index (χ1) is 9.45. The van der Waals surface area contributed by atoms with Gasteiger partial charge in [0.2, 0.25) is 5.91 Å². The summed E-state index contributed by atoms with van der Waals surface area (Å²) >= 11 is 12.3. The molecule has 1 unspecified atom stereocenters. The topological polar surface area (TPSA) is 49.4 Å². The number of anilines is 1. The van der Waals surface area contributed by atoms with Crippen molar-refractivity contribution in [2.24, 2.45) is 0 Å². The van der Waals surface area contributed by atoms with Crippen molar-refractivity contribution in [3.63, 3.8) is 0 Å². The summed E-state index contributed by atoms with van der Waals surface area (Å²) in [5, 5.41) is 3.93. The van der Waals surface area contributed by atoms with Crippen molar-refractivity contribution in [3.05, 3.63) is 27.7 Å². The molecule has 0 aliphatic carbocycles. The molecule has 0 aromatic heterocycles. The number of halogens is 2. The minimum absolute atomic E-state index is 0.138. The van der Waals surface area contributed by atoms with Gasteiger partial charge >= 0.3 is 0 Å². The van der Waals surface area contributed by atoms with Gasteiger partial charge in [0.05, 0.1) is 22.2 Å². The summed E-state index contributed by atoms with van der Waals surface area (Å²) in [5.74, 6) is -0.375. The largest absolute Gasteiger partial charge is 0.371 e. The molecule has 20 heavy (non-hydrogen) atoms. The second-order valence-electron chi connectivity index (χ2n) is 4.84. The zero-order valence-electron chi connectivity index (χ0n) is 11.4. The monoisotopic (exact) mass is 314 g/mol. The fraction of sp³-hybridized carbons (Fsp3) is 0.429. The van der Waals surface area contributed by atoms with Crippen molar-refractivity contribution in [2.45, 2.75) is 32.7 Å². The van der Waals surface area contributed by atoms with Gasteiger partial charge in [-0.15, -0.1) is 0 Å². The molecule has 108 valence electrons. The lowest BCUT2D eigenvalue weighted by Crippen LogP contribution is -2.35. The Labute approximate surface area is 128 Å². The molecule has 2 rings (SSSR count). The number of nitrogens with one attached hydrogen (secondary N) is 1. The number of hydrogen-bond donors (Lipinski definition) is 1. The van der Waals surface area contributed by atoms with E-state index in [1.165, 1.54) is 4.90 Å². The van der Waals surface area contributed by atoms with Crippen molar-refractivity contribution in [2.75, 3.05) is 11.9 Å². The summed E-state index contributed by atoms with van der Waals surface area (Å²) in [6, 6.07) is 2.93. The molecule has 1 saturated heterocycles. The van der Waals surface area contributed by atoms with E-state index in [-0.39, 0.29) is 18.2 Å². The highest BCUT2D eigenvalue weighted by Crippen LogP contribution is 2.34. The van der Waals surface area contributed by atoms with Crippen LogP contribution in [0.3, 0.4) is 0 Å². The van der Waals surface area contributed by atoms with Gasteiger partial charge in [-0.2, -0.15) is 0 Å². The molecule has 1 heterocycles. The van der Waals surface area contributed by atoms with Crippen LogP contribution in [0.15, 0.2) is 12.1 Å². The molecule has 1 atom stereocenters. The zero-order chi connectivity index (χ0) is 14.9. The summed E-state index contributed by atoms with van der Waals surface area (Å²) in [5.41, 5.74) is 1.37. The van der Waals surface area contributed by atoms with E-state index in [1.807, 2.05) is 13.8 Å². The molecule has 6 heteroatoms. The van der Waals surface area contributed by atoms with E-state index in [2.05, 4.69) is 5.32 Å². The van der Waals surface area contributed by atoms with Crippen LogP contribution in [0.5, 0.6) is 0 Å². The minimum Gasteiger partial charge on any atom is -0.371 e. The van der Waals surface area contributed by atoms with Gasteiger partial charge in [0.25, 0.3) is 5.91 Å². The van der Waals surface area contributed by atoms with Gasteiger partial charge in [0.15, 0.2) is 0 Å². The lowest BCUT2D eigenvalue weighted by atomic mass is 10.2. The fourth-order valence-electron chi connectivity index (χ4n) is 2.22. The quantitative estimate of drug-likeness (QED) is 0.868. The number of amides is 2. The van der Waals surface area contributed by atoms with Crippen LogP contribution in [0, 0.1) is 6.92 Å². The molecule has 1 N–H and O–H groups in total. The highest BCUT2D eigenvalue weighted by Gasteiger charge is 2.38. The predicted molar refractivity (Wildman–Crippen MR) is 80.2 cm³/mol. The Balaban J connectivity index is 2.22. The molecular formula is C14H16Cl2N2O2. The third-order valence-electron chi connectivity index (χ3n) is 3.29. The van der Waals surface area contributed by atoms with Crippen LogP contribution >= 0.6 is 23.2 Å². The number of nitrogens with zero attached hydrogens (tertiary/aromatic N) is 1. The van der Waals surface area contributed by atoms with Gasteiger partial charge < -0.3 is 5.32 Å². The molecule has 0 spiro atoms. The lowest BCUT2D eigenvalue weighted by Gasteiger charge is -2.17. The normalized spacial score (nSPS) is 18.8. The van der Waals surface area contributed by atoms with E-state index in [1.54, 1.807) is 12.1 Å². The van der Waals surface area contributed by atoms with Crippen molar-refractivity contribution in [1.82, 2.24) is 4.90 Å². The van der Waals surface area contributed by atoms with Gasteiger partial charge in [0, 0.05) is 6.54 Å². The average molecular weight is 315 g/mol. The van der Waals surface area contributed by atoms with Crippen molar-refractivity contribution < 1.29 is 9.59 Å². The summed E-state index contributed by atoms with van der Waals surface area (Å²) < 4.78 is 0. The van der Waals surface area contributed by atoms with Gasteiger partial charge in [0.1, 0.15) is 6.04 Å². The minimum atomic E-state index is -0.592. The maximum atomic E-state index is 12.2. The third-order valence-corrected chi connectivity index (χ3v) is 4.10. The average Bonchev–Trinajstić information content (AvgIpc) is 2.67. The van der Waals surface area contributed by atoms with E-state index < -0.39 is 6.04 Å². The fourth-order valence-corrected chi connectivity index (χ4v) is 2.70. The van der Waals surface area contributed by atoms with E-state index in [9.17, 15) is 9.59 Å². The Morgan fingerprint density at radius 2 is 2.05 bits per heavy atom. The molecule has 4 nitrogen and oxygen atoms in total. The van der Waals surface area contributed by atoms with Gasteiger partial charge in [-0.25, -0.2) is 0 Å². The van der Waals surface area contributed by atoms with Gasteiger partial charge in [-0.1, -0.05) is 36.2 Å². The molecule has 0 bridgehead atoms. The maximum absolute atomic E-state index is 12.2. The molecule has 0 saturated carbocycles. The van der Waals surface area contributed by atoms with Gasteiger partial charge in [-0.05, 0) is 25.0 Å². The second-order valence-corrected chi connectivity index (χ2v) is 5.62. The van der Waals surface area contributed by atoms with Crippen LogP contribution in [0.4, 0.5) is 5.69 Å². The molecule has 0 radical (unpaired) electrons. The molecule has 1 fully saturated rings. The number of carbonyl (C=O) groups excluding carboxylic acids is 2. The Bertz CT molecular complexity index is 560. The maximum Gasteiger partial charge on any atom is 0.252 e. The van der Waals surface area contributed by atoms with Crippen molar-refractivity contribution in [1.29, 1.82) is 0 Å². The number of hydrogen-bond acceptors (Lipinski definition) is 3. The predicted octanol–water partition coefficient (Wildman–Crippen LogP) is 3.25. The van der Waals surface area contributed by atoms with Crippen LogP contribution in [0.1, 0.15) is 25.3 Å². The zero-order valence-corrected chi connectivity index (χ0v) is 12.9. The van der Waals surface area contributed by atoms with Crippen LogP contribution in [0.2, 0.25) is 10.0 Å². The molecular weight excluding hydrogens is 299 g/mol. The first-order valence-corrected chi connectivity index (χ1v) is 7.26. The molecule has 2 amide bonds. The smallest absolute Gasteiger partial charge is 0.252 e. The van der Waals surface area contributed by atoms with Crippen molar-refractivity contribution >= 4 is 40.7 Å². The van der Waals surface area contributed by atoms with E-state index in [0.717, 1.165) is 12.0 Å². The number of rotatable bonds is 4. The lowest BCUT2D eigenvalue weighted by molar-refractivity contribution is -0.138. The van der Waals surface area contributed by atoms with E-state index in [0.29, 0.717) is 22.3 Å². The third kappa shape index (κ3) is 2.76. The van der Waals surface area contributed by atoms with Crippen LogP contribution in [-0.4, -0.2) is 29.3 Å².